The van der Waals surface area contributed by atoms with E-state index in [4.69, 9.17) is 9.47 Å². The number of benzene rings is 2. The van der Waals surface area contributed by atoms with Gasteiger partial charge in [0.15, 0.2) is 0 Å². The average molecular weight is 355 g/mol. The zero-order valence-corrected chi connectivity index (χ0v) is 15.4. The normalized spacial score (nSPS) is 16.1. The van der Waals surface area contributed by atoms with Crippen molar-refractivity contribution in [2.45, 2.75) is 18.9 Å². The van der Waals surface area contributed by atoms with E-state index in [1.807, 2.05) is 12.1 Å². The van der Waals surface area contributed by atoms with E-state index in [1.54, 1.807) is 43.5 Å². The first-order chi connectivity index (χ1) is 12.7. The fraction of sp³-hybridized carbons (Fsp3) is 0.381. The molecule has 1 aliphatic rings. The van der Waals surface area contributed by atoms with Crippen molar-refractivity contribution in [3.8, 4) is 17.2 Å². The number of likely N-dealkylation sites (tertiary alicyclic amines) is 1. The number of hydrogen-bond acceptors (Lipinski definition) is 4. The number of nitrogens with zero attached hydrogens (tertiary/aromatic N) is 1. The molecule has 5 heteroatoms. The largest absolute Gasteiger partial charge is 0.507 e. The van der Waals surface area contributed by atoms with Crippen molar-refractivity contribution in [1.82, 2.24) is 0 Å². The highest BCUT2D eigenvalue weighted by Crippen LogP contribution is 2.22. The molecule has 2 aromatic carbocycles. The predicted molar refractivity (Wildman–Crippen MR) is 103 cm³/mol. The van der Waals surface area contributed by atoms with Crippen molar-refractivity contribution in [1.29, 1.82) is 0 Å². The maximum absolute atomic E-state index is 10.0. The summed E-state index contributed by atoms with van der Waals surface area (Å²) in [5.74, 6) is 1.79. The van der Waals surface area contributed by atoms with Crippen LogP contribution in [0.25, 0.3) is 0 Å². The molecule has 0 aromatic heterocycles. The Morgan fingerprint density at radius 1 is 1.08 bits per heavy atom. The first kappa shape index (κ1) is 18.3. The summed E-state index contributed by atoms with van der Waals surface area (Å²) in [4.78, 5) is 6.21. The SMILES string of the molecule is COc1cccc([C@@H](CN=Cc2cc(OC)ccc2O)[NH+]2CCCC2)c1. The number of nitrogens with one attached hydrogen (secondary N) is 1. The Kier molecular flexibility index (Phi) is 6.12. The van der Waals surface area contributed by atoms with Crippen molar-refractivity contribution in [2.75, 3.05) is 33.9 Å². The van der Waals surface area contributed by atoms with Gasteiger partial charge in [0.05, 0.1) is 33.9 Å². The van der Waals surface area contributed by atoms with Gasteiger partial charge in [0.25, 0.3) is 0 Å². The lowest BCUT2D eigenvalue weighted by Crippen LogP contribution is -3.10. The van der Waals surface area contributed by atoms with Crippen LogP contribution in [0, 0.1) is 0 Å². The highest BCUT2D eigenvalue weighted by atomic mass is 16.5. The molecule has 1 aliphatic heterocycles. The second-order valence-corrected chi connectivity index (χ2v) is 6.61. The molecule has 0 saturated carbocycles. The highest BCUT2D eigenvalue weighted by Gasteiger charge is 2.27. The van der Waals surface area contributed by atoms with Gasteiger partial charge in [0.2, 0.25) is 0 Å². The van der Waals surface area contributed by atoms with E-state index < -0.39 is 0 Å². The molecule has 5 nitrogen and oxygen atoms in total. The summed E-state index contributed by atoms with van der Waals surface area (Å²) in [5.41, 5.74) is 1.92. The number of ether oxygens (including phenoxy) is 2. The number of methoxy groups -OCH3 is 2. The minimum Gasteiger partial charge on any atom is -0.507 e. The van der Waals surface area contributed by atoms with Crippen LogP contribution in [0.5, 0.6) is 17.2 Å². The Labute approximate surface area is 154 Å². The fourth-order valence-corrected chi connectivity index (χ4v) is 3.53. The third kappa shape index (κ3) is 4.35. The van der Waals surface area contributed by atoms with Gasteiger partial charge in [-0.25, -0.2) is 0 Å². The third-order valence-corrected chi connectivity index (χ3v) is 4.99. The zero-order valence-electron chi connectivity index (χ0n) is 15.4. The Hall–Kier alpha value is -2.53. The molecule has 0 bridgehead atoms. The van der Waals surface area contributed by atoms with E-state index in [1.165, 1.54) is 31.5 Å². The van der Waals surface area contributed by atoms with Crippen molar-refractivity contribution in [2.24, 2.45) is 4.99 Å². The van der Waals surface area contributed by atoms with Crippen molar-refractivity contribution in [3.05, 3.63) is 53.6 Å². The first-order valence-electron chi connectivity index (χ1n) is 9.06. The smallest absolute Gasteiger partial charge is 0.133 e. The molecule has 0 amide bonds. The topological polar surface area (TPSA) is 55.5 Å². The summed E-state index contributed by atoms with van der Waals surface area (Å²) in [5, 5.41) is 10.0. The maximum atomic E-state index is 10.0. The monoisotopic (exact) mass is 355 g/mol. The van der Waals surface area contributed by atoms with Gasteiger partial charge >= 0.3 is 0 Å². The molecule has 1 fully saturated rings. The Morgan fingerprint density at radius 3 is 2.54 bits per heavy atom. The number of aliphatic imine (C=N–C) groups is 1. The molecule has 2 aromatic rings. The van der Waals surface area contributed by atoms with Crippen LogP contribution in [0.1, 0.15) is 30.0 Å². The average Bonchev–Trinajstić information content (AvgIpc) is 3.21. The molecule has 1 saturated heterocycles. The summed E-state index contributed by atoms with van der Waals surface area (Å²) in [6, 6.07) is 13.7. The van der Waals surface area contributed by atoms with E-state index in [9.17, 15) is 5.11 Å². The van der Waals surface area contributed by atoms with Crippen LogP contribution in [-0.4, -0.2) is 45.2 Å². The van der Waals surface area contributed by atoms with Crippen molar-refractivity contribution in [3.63, 3.8) is 0 Å². The van der Waals surface area contributed by atoms with Gasteiger partial charge < -0.3 is 19.5 Å². The minimum atomic E-state index is 0.209. The lowest BCUT2D eigenvalue weighted by molar-refractivity contribution is -0.918. The van der Waals surface area contributed by atoms with Gasteiger partial charge in [0.1, 0.15) is 23.3 Å². The van der Waals surface area contributed by atoms with Crippen LogP contribution < -0.4 is 14.4 Å². The maximum Gasteiger partial charge on any atom is 0.133 e. The fourth-order valence-electron chi connectivity index (χ4n) is 3.53. The van der Waals surface area contributed by atoms with Gasteiger partial charge in [-0.15, -0.1) is 0 Å². The van der Waals surface area contributed by atoms with Crippen LogP contribution in [0.2, 0.25) is 0 Å². The lowest BCUT2D eigenvalue weighted by Gasteiger charge is -2.24. The number of rotatable bonds is 7. The summed E-state index contributed by atoms with van der Waals surface area (Å²) < 4.78 is 10.6. The van der Waals surface area contributed by atoms with Gasteiger partial charge in [-0.2, -0.15) is 0 Å². The molecule has 0 unspecified atom stereocenters. The molecule has 2 N–H and O–H groups in total. The van der Waals surface area contributed by atoms with Gasteiger partial charge in [-0.05, 0) is 30.3 Å². The lowest BCUT2D eigenvalue weighted by atomic mass is 10.1. The molecule has 138 valence electrons. The predicted octanol–water partition coefficient (Wildman–Crippen LogP) is 2.25. The number of aromatic hydroxyl groups is 1. The van der Waals surface area contributed by atoms with E-state index in [0.717, 1.165) is 5.75 Å². The quantitative estimate of drug-likeness (QED) is 0.749. The van der Waals surface area contributed by atoms with Gasteiger partial charge in [-0.1, -0.05) is 12.1 Å². The van der Waals surface area contributed by atoms with Crippen molar-refractivity contribution >= 4 is 6.21 Å². The van der Waals surface area contributed by atoms with E-state index >= 15 is 0 Å². The van der Waals surface area contributed by atoms with Crippen LogP contribution in [0.3, 0.4) is 0 Å². The van der Waals surface area contributed by atoms with Crippen molar-refractivity contribution < 1.29 is 19.5 Å². The first-order valence-corrected chi connectivity index (χ1v) is 9.06. The second-order valence-electron chi connectivity index (χ2n) is 6.61. The summed E-state index contributed by atoms with van der Waals surface area (Å²) >= 11 is 0. The summed E-state index contributed by atoms with van der Waals surface area (Å²) in [6.45, 7) is 3.00. The molecule has 3 rings (SSSR count). The highest BCUT2D eigenvalue weighted by molar-refractivity contribution is 5.84. The Morgan fingerprint density at radius 2 is 1.81 bits per heavy atom. The summed E-state index contributed by atoms with van der Waals surface area (Å²) in [6.07, 6.45) is 4.26. The molecule has 26 heavy (non-hydrogen) atoms. The number of phenols is 1. The van der Waals surface area contributed by atoms with Crippen LogP contribution >= 0.6 is 0 Å². The second kappa shape index (κ2) is 8.72. The van der Waals surface area contributed by atoms with Crippen LogP contribution in [0.4, 0.5) is 0 Å². The number of hydrogen-bond donors (Lipinski definition) is 2. The molecule has 0 spiro atoms. The molecular formula is C21H27N2O3+. The number of phenolic OH excluding ortho intramolecular Hbond substituents is 1. The summed E-state index contributed by atoms with van der Waals surface area (Å²) in [7, 11) is 3.31. The Bertz CT molecular complexity index is 755. The third-order valence-electron chi connectivity index (χ3n) is 4.99. The minimum absolute atomic E-state index is 0.209. The molecule has 0 radical (unpaired) electrons. The zero-order chi connectivity index (χ0) is 18.4. The van der Waals surface area contributed by atoms with Crippen LogP contribution in [0.15, 0.2) is 47.5 Å². The van der Waals surface area contributed by atoms with E-state index in [0.29, 0.717) is 17.9 Å². The number of quaternary nitrogens is 1. The Balaban J connectivity index is 1.79. The van der Waals surface area contributed by atoms with Crippen LogP contribution in [-0.2, 0) is 0 Å². The van der Waals surface area contributed by atoms with Gasteiger partial charge in [-0.3, -0.25) is 4.99 Å². The molecule has 0 aliphatic carbocycles. The van der Waals surface area contributed by atoms with E-state index in [2.05, 4.69) is 17.1 Å². The molecular weight excluding hydrogens is 328 g/mol. The molecule has 1 heterocycles. The standard InChI is InChI=1S/C21H26N2O3/c1-25-18-7-5-6-16(12-18)20(23-10-3-4-11-23)15-22-14-17-13-19(26-2)8-9-21(17)24/h5-9,12-14,20,24H,3-4,10-11,15H2,1-2H3/p+1/t20-/m1/s1. The van der Waals surface area contributed by atoms with E-state index in [-0.39, 0.29) is 11.8 Å². The van der Waals surface area contributed by atoms with Gasteiger partial charge in [0, 0.05) is 30.2 Å². The molecule has 1 atom stereocenters.